The third kappa shape index (κ3) is 5.49. The standard InChI is InChI=1S/C28H26F2N4O2/c1-3-6-22(28(36)34(2)17-19-10-11-24(29)25(30)14-19)27(35)33-15-18-7-4-8-20(13-18)23-16-32-26-21(23)9-5-12-31-26/h4-14,16H,3,15,17H2,1-2H3,(H,31,32)(H,33,35). The molecule has 2 N–H and O–H groups in total. The van der Waals surface area contributed by atoms with Crippen molar-refractivity contribution in [2.75, 3.05) is 7.05 Å². The Balaban J connectivity index is 1.44. The number of carbonyl (C=O) groups excluding carboxylic acids is 2. The quantitative estimate of drug-likeness (QED) is 0.205. The number of hydrogen-bond acceptors (Lipinski definition) is 3. The molecule has 2 aromatic heterocycles. The lowest BCUT2D eigenvalue weighted by molar-refractivity contribution is -0.129. The van der Waals surface area contributed by atoms with Crippen molar-refractivity contribution in [2.45, 2.75) is 26.4 Å². The molecule has 0 aliphatic carbocycles. The van der Waals surface area contributed by atoms with Crippen LogP contribution in [0.2, 0.25) is 0 Å². The minimum absolute atomic E-state index is 0.00133. The lowest BCUT2D eigenvalue weighted by Gasteiger charge is -2.19. The van der Waals surface area contributed by atoms with E-state index in [1.807, 2.05) is 49.5 Å². The van der Waals surface area contributed by atoms with Crippen molar-refractivity contribution < 1.29 is 18.4 Å². The van der Waals surface area contributed by atoms with Crippen LogP contribution in [0.3, 0.4) is 0 Å². The number of rotatable bonds is 8. The van der Waals surface area contributed by atoms with Crippen LogP contribution < -0.4 is 5.32 Å². The molecule has 2 aromatic carbocycles. The van der Waals surface area contributed by atoms with Gasteiger partial charge in [0, 0.05) is 43.5 Å². The maximum absolute atomic E-state index is 13.5. The predicted octanol–water partition coefficient (Wildman–Crippen LogP) is 5.12. The number of nitrogens with zero attached hydrogens (tertiary/aromatic N) is 2. The molecule has 2 amide bonds. The summed E-state index contributed by atoms with van der Waals surface area (Å²) in [5.41, 5.74) is 4.08. The first-order valence-corrected chi connectivity index (χ1v) is 11.6. The fourth-order valence-electron chi connectivity index (χ4n) is 3.99. The molecule has 6 nitrogen and oxygen atoms in total. The summed E-state index contributed by atoms with van der Waals surface area (Å²) < 4.78 is 26.7. The van der Waals surface area contributed by atoms with Crippen LogP contribution in [-0.4, -0.2) is 33.7 Å². The molecule has 36 heavy (non-hydrogen) atoms. The number of carbonyl (C=O) groups is 2. The number of H-pyrrole nitrogens is 1. The van der Waals surface area contributed by atoms with E-state index in [1.165, 1.54) is 18.0 Å². The van der Waals surface area contributed by atoms with E-state index < -0.39 is 23.4 Å². The third-order valence-electron chi connectivity index (χ3n) is 5.78. The average Bonchev–Trinajstić information content (AvgIpc) is 3.32. The number of fused-ring (bicyclic) bond motifs is 1. The van der Waals surface area contributed by atoms with Gasteiger partial charge in [-0.1, -0.05) is 37.3 Å². The molecule has 0 spiro atoms. The van der Waals surface area contributed by atoms with Crippen molar-refractivity contribution in [3.63, 3.8) is 0 Å². The zero-order valence-electron chi connectivity index (χ0n) is 20.0. The van der Waals surface area contributed by atoms with Crippen molar-refractivity contribution >= 4 is 22.8 Å². The van der Waals surface area contributed by atoms with Gasteiger partial charge in [-0.05, 0) is 53.4 Å². The van der Waals surface area contributed by atoms with Gasteiger partial charge in [0.25, 0.3) is 11.8 Å². The maximum Gasteiger partial charge on any atom is 0.259 e. The van der Waals surface area contributed by atoms with Crippen molar-refractivity contribution in [3.05, 3.63) is 101 Å². The van der Waals surface area contributed by atoms with Gasteiger partial charge < -0.3 is 15.2 Å². The number of nitrogens with one attached hydrogen (secondary N) is 2. The summed E-state index contributed by atoms with van der Waals surface area (Å²) in [5.74, 6) is -2.94. The number of allylic oxidation sites excluding steroid dienone is 1. The number of likely N-dealkylation sites (N-methyl/N-ethyl adjacent to an activating group) is 1. The molecule has 4 rings (SSSR count). The summed E-state index contributed by atoms with van der Waals surface area (Å²) in [5, 5.41) is 3.83. The third-order valence-corrected chi connectivity index (χ3v) is 5.78. The minimum atomic E-state index is -0.985. The molecule has 4 aromatic rings. The zero-order valence-corrected chi connectivity index (χ0v) is 20.0. The van der Waals surface area contributed by atoms with Gasteiger partial charge in [0.05, 0.1) is 0 Å². The van der Waals surface area contributed by atoms with Crippen molar-refractivity contribution in [1.82, 2.24) is 20.2 Å². The lowest BCUT2D eigenvalue weighted by atomic mass is 10.0. The largest absolute Gasteiger partial charge is 0.348 e. The Morgan fingerprint density at radius 3 is 2.67 bits per heavy atom. The van der Waals surface area contributed by atoms with E-state index in [9.17, 15) is 18.4 Å². The lowest BCUT2D eigenvalue weighted by Crippen LogP contribution is -2.35. The van der Waals surface area contributed by atoms with E-state index >= 15 is 0 Å². The van der Waals surface area contributed by atoms with E-state index in [0.29, 0.717) is 12.0 Å². The summed E-state index contributed by atoms with van der Waals surface area (Å²) in [6.07, 6.45) is 5.68. The smallest absolute Gasteiger partial charge is 0.259 e. The summed E-state index contributed by atoms with van der Waals surface area (Å²) >= 11 is 0. The van der Waals surface area contributed by atoms with E-state index in [1.54, 1.807) is 12.3 Å². The highest BCUT2D eigenvalue weighted by Crippen LogP contribution is 2.28. The second-order valence-corrected chi connectivity index (χ2v) is 8.42. The van der Waals surface area contributed by atoms with E-state index in [-0.39, 0.29) is 18.7 Å². The van der Waals surface area contributed by atoms with Gasteiger partial charge in [0.15, 0.2) is 11.6 Å². The van der Waals surface area contributed by atoms with Gasteiger partial charge in [0.2, 0.25) is 0 Å². The van der Waals surface area contributed by atoms with Crippen LogP contribution in [0.5, 0.6) is 0 Å². The Morgan fingerprint density at radius 2 is 1.89 bits per heavy atom. The minimum Gasteiger partial charge on any atom is -0.348 e. The van der Waals surface area contributed by atoms with Crippen LogP contribution in [0.1, 0.15) is 24.5 Å². The highest BCUT2D eigenvalue weighted by atomic mass is 19.2. The van der Waals surface area contributed by atoms with Crippen LogP contribution in [0.25, 0.3) is 22.2 Å². The van der Waals surface area contributed by atoms with Crippen molar-refractivity contribution in [3.8, 4) is 11.1 Å². The molecule has 0 aliphatic heterocycles. The molecule has 0 saturated carbocycles. The fraction of sp³-hybridized carbons (Fsp3) is 0.179. The summed E-state index contributed by atoms with van der Waals surface area (Å²) in [7, 11) is 1.51. The Bertz CT molecular complexity index is 1440. The number of aromatic amines is 1. The molecule has 0 aliphatic rings. The van der Waals surface area contributed by atoms with Crippen LogP contribution in [0.4, 0.5) is 8.78 Å². The molecule has 184 valence electrons. The second kappa shape index (κ2) is 10.9. The Hall–Kier alpha value is -4.33. The van der Waals surface area contributed by atoms with Crippen LogP contribution in [-0.2, 0) is 22.7 Å². The highest BCUT2D eigenvalue weighted by molar-refractivity contribution is 6.18. The molecule has 2 heterocycles. The van der Waals surface area contributed by atoms with Gasteiger partial charge in [-0.3, -0.25) is 9.59 Å². The van der Waals surface area contributed by atoms with Crippen LogP contribution >= 0.6 is 0 Å². The molecule has 0 saturated heterocycles. The monoisotopic (exact) mass is 488 g/mol. The fourth-order valence-corrected chi connectivity index (χ4v) is 3.99. The van der Waals surface area contributed by atoms with E-state index in [4.69, 9.17) is 0 Å². The molecular weight excluding hydrogens is 462 g/mol. The number of hydrogen-bond donors (Lipinski definition) is 2. The van der Waals surface area contributed by atoms with Crippen molar-refractivity contribution in [1.29, 1.82) is 0 Å². The SMILES string of the molecule is CCC=C(C(=O)NCc1cccc(-c2c[nH]c3ncccc23)c1)C(=O)N(C)Cc1ccc(F)c(F)c1. The zero-order chi connectivity index (χ0) is 25.7. The molecule has 0 atom stereocenters. The summed E-state index contributed by atoms with van der Waals surface area (Å²) in [4.78, 5) is 34.7. The van der Waals surface area contributed by atoms with E-state index in [2.05, 4.69) is 15.3 Å². The number of benzene rings is 2. The van der Waals surface area contributed by atoms with Gasteiger partial charge in [-0.15, -0.1) is 0 Å². The first-order chi connectivity index (χ1) is 17.4. The summed E-state index contributed by atoms with van der Waals surface area (Å²) in [6, 6.07) is 15.1. The topological polar surface area (TPSA) is 78.1 Å². The maximum atomic E-state index is 13.5. The van der Waals surface area contributed by atoms with Gasteiger partial charge >= 0.3 is 0 Å². The predicted molar refractivity (Wildman–Crippen MR) is 135 cm³/mol. The molecule has 0 radical (unpaired) electrons. The number of aromatic nitrogens is 2. The summed E-state index contributed by atoms with van der Waals surface area (Å²) in [6.45, 7) is 2.09. The van der Waals surface area contributed by atoms with Crippen LogP contribution in [0.15, 0.2) is 78.6 Å². The molecule has 0 bridgehead atoms. The molecule has 8 heteroatoms. The van der Waals surface area contributed by atoms with E-state index in [0.717, 1.165) is 39.9 Å². The first kappa shape index (κ1) is 24.8. The van der Waals surface area contributed by atoms with Gasteiger partial charge in [-0.25, -0.2) is 13.8 Å². The van der Waals surface area contributed by atoms with Crippen LogP contribution in [0, 0.1) is 11.6 Å². The molecule has 0 fully saturated rings. The highest BCUT2D eigenvalue weighted by Gasteiger charge is 2.22. The molecule has 0 unspecified atom stereocenters. The van der Waals surface area contributed by atoms with Gasteiger partial charge in [-0.2, -0.15) is 0 Å². The van der Waals surface area contributed by atoms with Gasteiger partial charge in [0.1, 0.15) is 11.2 Å². The number of amides is 2. The first-order valence-electron chi connectivity index (χ1n) is 11.6. The van der Waals surface area contributed by atoms with Crippen molar-refractivity contribution in [2.24, 2.45) is 0 Å². The Labute approximate surface area is 207 Å². The average molecular weight is 489 g/mol. The molecular formula is C28H26F2N4O2. The number of pyridine rings is 1. The number of halogens is 2. The Kier molecular flexibility index (Phi) is 7.53. The Morgan fingerprint density at radius 1 is 1.06 bits per heavy atom. The normalized spacial score (nSPS) is 11.5. The second-order valence-electron chi connectivity index (χ2n) is 8.42.